The lowest BCUT2D eigenvalue weighted by atomic mass is 9.89. The van der Waals surface area contributed by atoms with Crippen molar-refractivity contribution in [2.24, 2.45) is 7.05 Å². The number of benzene rings is 1. The number of urea groups is 1. The number of halogens is 1. The normalized spacial score (nSPS) is 15.8. The molecule has 0 unspecified atom stereocenters. The van der Waals surface area contributed by atoms with Gasteiger partial charge in [0.1, 0.15) is 5.69 Å². The van der Waals surface area contributed by atoms with Crippen LogP contribution in [-0.2, 0) is 23.0 Å². The molecule has 0 aliphatic carbocycles. The van der Waals surface area contributed by atoms with Gasteiger partial charge >= 0.3 is 6.03 Å². The molecular formula is C42H37ClN10O6. The van der Waals surface area contributed by atoms with Crippen molar-refractivity contribution in [1.29, 1.82) is 0 Å². The number of amides is 4. The summed E-state index contributed by atoms with van der Waals surface area (Å²) in [6, 6.07) is 10.8. The van der Waals surface area contributed by atoms with E-state index < -0.39 is 11.9 Å². The maximum Gasteiger partial charge on any atom is 0.329 e. The molecule has 1 aromatic carbocycles. The lowest BCUT2D eigenvalue weighted by Crippen LogP contribution is -2.50. The molecule has 0 saturated carbocycles. The first kappa shape index (κ1) is 37.9. The Morgan fingerprint density at radius 2 is 1.83 bits per heavy atom. The predicted octanol–water partition coefficient (Wildman–Crippen LogP) is 5.09. The van der Waals surface area contributed by atoms with E-state index in [1.54, 1.807) is 29.0 Å². The summed E-state index contributed by atoms with van der Waals surface area (Å²) in [5, 5.41) is 14.3. The number of ether oxygens (including phenoxy) is 1. The van der Waals surface area contributed by atoms with E-state index in [4.69, 9.17) is 30.7 Å². The minimum atomic E-state index is -0.622. The SMILES string of the molecule is Cc1cc2c(N3CCCc4nc(-c5ccc(C(=O)NCC#Cc6cc7c(N8CCC(=O)NC8=O)nnc(Cl)c7o6)nc5)ncc43)cc(C3CCOCC3)cc2n(C)c1=O. The summed E-state index contributed by atoms with van der Waals surface area (Å²) in [7, 11) is 1.84. The van der Waals surface area contributed by atoms with Crippen LogP contribution in [0.2, 0.25) is 5.15 Å². The smallest absolute Gasteiger partial charge is 0.329 e. The lowest BCUT2D eigenvalue weighted by Gasteiger charge is -2.33. The number of pyridine rings is 2. The van der Waals surface area contributed by atoms with Gasteiger partial charge in [0.2, 0.25) is 5.91 Å². The van der Waals surface area contributed by atoms with Crippen molar-refractivity contribution in [3.05, 3.63) is 92.6 Å². The molecular weight excluding hydrogens is 776 g/mol. The standard InChI is InChI=1S/C42H37ClN10O6/c1-23-17-28-32(51(2)41(23)56)18-26(24-10-15-58-16-11-24)19-33(28)52-13-4-6-30-34(52)22-46-38(47-30)25-7-8-31(45-21-25)40(55)44-12-3-5-27-20-29-36(59-27)37(43)49-50-39(29)53-14-9-35(54)48-42(53)57/h7-8,17-22,24H,4,6,9-16H2,1-2H3,(H,44,55)(H,48,54,57). The average molecular weight is 813 g/mol. The van der Waals surface area contributed by atoms with Crippen molar-refractivity contribution in [2.75, 3.05) is 42.6 Å². The number of hydrogen-bond acceptors (Lipinski definition) is 12. The van der Waals surface area contributed by atoms with Crippen LogP contribution in [-0.4, -0.2) is 80.4 Å². The summed E-state index contributed by atoms with van der Waals surface area (Å²) < 4.78 is 13.2. The Morgan fingerprint density at radius 1 is 0.983 bits per heavy atom. The summed E-state index contributed by atoms with van der Waals surface area (Å²) in [6.07, 6.45) is 7.07. The highest BCUT2D eigenvalue weighted by Gasteiger charge is 2.29. The van der Waals surface area contributed by atoms with Gasteiger partial charge in [0.25, 0.3) is 11.5 Å². The molecule has 59 heavy (non-hydrogen) atoms. The molecule has 8 heterocycles. The Hall–Kier alpha value is -6.70. The van der Waals surface area contributed by atoms with Crippen LogP contribution in [0.4, 0.5) is 22.0 Å². The molecule has 2 fully saturated rings. The number of carbonyl (C=O) groups excluding carboxylic acids is 3. The highest BCUT2D eigenvalue weighted by molar-refractivity contribution is 6.34. The van der Waals surface area contributed by atoms with Crippen molar-refractivity contribution in [2.45, 2.75) is 44.9 Å². The highest BCUT2D eigenvalue weighted by atomic mass is 35.5. The van der Waals surface area contributed by atoms with Crippen LogP contribution in [0, 0.1) is 18.8 Å². The number of anilines is 3. The van der Waals surface area contributed by atoms with Gasteiger partial charge in [-0.1, -0.05) is 17.5 Å². The first-order chi connectivity index (χ1) is 28.6. The molecule has 2 N–H and O–H groups in total. The Bertz CT molecular complexity index is 2820. The number of carbonyl (C=O) groups is 3. The quantitative estimate of drug-likeness (QED) is 0.212. The van der Waals surface area contributed by atoms with E-state index in [1.807, 2.05) is 26.2 Å². The van der Waals surface area contributed by atoms with Gasteiger partial charge in [0.05, 0.1) is 40.7 Å². The number of nitrogens with zero attached hydrogens (tertiary/aromatic N) is 8. The van der Waals surface area contributed by atoms with Gasteiger partial charge in [0, 0.05) is 68.5 Å². The second kappa shape index (κ2) is 15.6. The van der Waals surface area contributed by atoms with E-state index in [-0.39, 0.29) is 59.0 Å². The zero-order valence-electron chi connectivity index (χ0n) is 32.2. The number of hydrogen-bond donors (Lipinski definition) is 2. The van der Waals surface area contributed by atoms with Gasteiger partial charge in [-0.2, -0.15) is 0 Å². The molecule has 17 heteroatoms. The van der Waals surface area contributed by atoms with Crippen molar-refractivity contribution in [3.8, 4) is 23.2 Å². The second-order valence-electron chi connectivity index (χ2n) is 14.7. The van der Waals surface area contributed by atoms with Crippen molar-refractivity contribution >= 4 is 68.5 Å². The maximum absolute atomic E-state index is 13.0. The highest BCUT2D eigenvalue weighted by Crippen LogP contribution is 2.40. The molecule has 0 spiro atoms. The molecule has 4 amide bonds. The van der Waals surface area contributed by atoms with Gasteiger partial charge < -0.3 is 23.9 Å². The number of furan rings is 1. The lowest BCUT2D eigenvalue weighted by molar-refractivity contribution is -0.120. The van der Waals surface area contributed by atoms with Gasteiger partial charge in [-0.3, -0.25) is 29.6 Å². The number of nitrogens with one attached hydrogen (secondary N) is 2. The number of rotatable bonds is 6. The number of fused-ring (bicyclic) bond motifs is 3. The number of aryl methyl sites for hydroxylation is 3. The average Bonchev–Trinajstić information content (AvgIpc) is 3.70. The monoisotopic (exact) mass is 812 g/mol. The van der Waals surface area contributed by atoms with Gasteiger partial charge in [-0.05, 0) is 80.3 Å². The van der Waals surface area contributed by atoms with E-state index in [9.17, 15) is 19.2 Å². The minimum Gasteiger partial charge on any atom is -0.444 e. The van der Waals surface area contributed by atoms with Crippen LogP contribution in [0.15, 0.2) is 58.0 Å². The number of imide groups is 1. The zero-order valence-corrected chi connectivity index (χ0v) is 32.9. The first-order valence-corrected chi connectivity index (χ1v) is 19.7. The van der Waals surface area contributed by atoms with E-state index in [1.165, 1.54) is 10.5 Å². The van der Waals surface area contributed by atoms with Crippen molar-refractivity contribution in [3.63, 3.8) is 0 Å². The van der Waals surface area contributed by atoms with E-state index >= 15 is 0 Å². The zero-order chi connectivity index (χ0) is 40.8. The summed E-state index contributed by atoms with van der Waals surface area (Å²) in [4.78, 5) is 67.7. The van der Waals surface area contributed by atoms with E-state index in [0.717, 1.165) is 73.4 Å². The van der Waals surface area contributed by atoms with Gasteiger partial charge in [0.15, 0.2) is 28.1 Å². The van der Waals surface area contributed by atoms with Crippen LogP contribution in [0.1, 0.15) is 64.7 Å². The fourth-order valence-corrected chi connectivity index (χ4v) is 8.06. The molecule has 9 rings (SSSR count). The third-order valence-corrected chi connectivity index (χ3v) is 11.2. The predicted molar refractivity (Wildman–Crippen MR) is 219 cm³/mol. The Balaban J connectivity index is 0.905. The van der Waals surface area contributed by atoms with Crippen LogP contribution in [0.25, 0.3) is 33.3 Å². The fraction of sp³-hybridized carbons (Fsp3) is 0.310. The molecule has 298 valence electrons. The largest absolute Gasteiger partial charge is 0.444 e. The summed E-state index contributed by atoms with van der Waals surface area (Å²) >= 11 is 6.21. The van der Waals surface area contributed by atoms with Gasteiger partial charge in [-0.25, -0.2) is 14.8 Å². The molecule has 0 atom stereocenters. The van der Waals surface area contributed by atoms with Gasteiger partial charge in [-0.15, -0.1) is 10.2 Å². The topological polar surface area (TPSA) is 191 Å². The Labute approximate surface area is 341 Å². The molecule has 16 nitrogen and oxygen atoms in total. The molecule has 5 aromatic heterocycles. The number of aromatic nitrogens is 6. The molecule has 0 radical (unpaired) electrons. The molecule has 3 aliphatic heterocycles. The minimum absolute atomic E-state index is 0.00455. The van der Waals surface area contributed by atoms with Crippen LogP contribution in [0.3, 0.4) is 0 Å². The molecule has 6 aromatic rings. The molecule has 2 saturated heterocycles. The maximum atomic E-state index is 13.0. The fourth-order valence-electron chi connectivity index (χ4n) is 7.88. The van der Waals surface area contributed by atoms with Crippen LogP contribution in [0.5, 0.6) is 0 Å². The summed E-state index contributed by atoms with van der Waals surface area (Å²) in [5.74, 6) is 6.13. The second-order valence-corrected chi connectivity index (χ2v) is 15.0. The van der Waals surface area contributed by atoms with E-state index in [0.29, 0.717) is 28.3 Å². The van der Waals surface area contributed by atoms with Crippen molar-refractivity contribution in [1.82, 2.24) is 40.3 Å². The van der Waals surface area contributed by atoms with E-state index in [2.05, 4.69) is 54.7 Å². The summed E-state index contributed by atoms with van der Waals surface area (Å²) in [5.41, 5.74) is 6.71. The Kier molecular flexibility index (Phi) is 9.99. The summed E-state index contributed by atoms with van der Waals surface area (Å²) in [6.45, 7) is 4.19. The first-order valence-electron chi connectivity index (χ1n) is 19.3. The molecule has 3 aliphatic rings. The van der Waals surface area contributed by atoms with Crippen LogP contribution < -0.4 is 26.0 Å². The van der Waals surface area contributed by atoms with Crippen molar-refractivity contribution < 1.29 is 23.5 Å². The third-order valence-electron chi connectivity index (χ3n) is 10.9. The van der Waals surface area contributed by atoms with Crippen LogP contribution >= 0.6 is 11.6 Å². The molecule has 0 bridgehead atoms. The third kappa shape index (κ3) is 7.23. The Morgan fingerprint density at radius 3 is 2.63 bits per heavy atom.